The number of benzene rings is 2. The molecule has 2 N–H and O–H groups in total. The molecule has 0 aliphatic rings. The van der Waals surface area contributed by atoms with E-state index in [0.29, 0.717) is 12.1 Å². The van der Waals surface area contributed by atoms with Crippen LogP contribution in [0.3, 0.4) is 0 Å². The Labute approximate surface area is 119 Å². The molecule has 0 aromatic heterocycles. The van der Waals surface area contributed by atoms with Gasteiger partial charge in [-0.05, 0) is 35.4 Å². The van der Waals surface area contributed by atoms with Crippen molar-refractivity contribution in [2.75, 3.05) is 0 Å². The fraction of sp³-hybridized carbons (Fsp3) is 0.200. The Morgan fingerprint density at radius 1 is 0.905 bits per heavy atom. The number of phenols is 1. The zero-order valence-electron chi connectivity index (χ0n) is 10.9. The molecule has 0 unspecified atom stereocenters. The highest BCUT2D eigenvalue weighted by molar-refractivity contribution is 5.28. The van der Waals surface area contributed by atoms with Gasteiger partial charge in [0.15, 0.2) is 0 Å². The van der Waals surface area contributed by atoms with Crippen LogP contribution in [-0.2, 0) is 19.3 Å². The van der Waals surface area contributed by atoms with Gasteiger partial charge in [0.1, 0.15) is 11.6 Å². The van der Waals surface area contributed by atoms with E-state index in [0.717, 1.165) is 17.7 Å². The average molecular weight is 299 g/mol. The summed E-state index contributed by atoms with van der Waals surface area (Å²) in [7, 11) is 0. The first-order valence-corrected chi connectivity index (χ1v) is 6.20. The number of phenolic OH excluding ortho intramolecular Hbond substituents is 1. The van der Waals surface area contributed by atoms with Gasteiger partial charge in [0, 0.05) is 13.1 Å². The predicted octanol–water partition coefficient (Wildman–Crippen LogP) is 3.84. The van der Waals surface area contributed by atoms with Crippen LogP contribution in [0.25, 0.3) is 0 Å². The van der Waals surface area contributed by atoms with Crippen LogP contribution in [0.4, 0.5) is 17.6 Å². The van der Waals surface area contributed by atoms with E-state index in [-0.39, 0.29) is 12.3 Å². The predicted molar refractivity (Wildman–Crippen MR) is 70.1 cm³/mol. The zero-order chi connectivity index (χ0) is 15.5. The van der Waals surface area contributed by atoms with E-state index in [1.807, 2.05) is 0 Å². The van der Waals surface area contributed by atoms with Crippen molar-refractivity contribution in [3.63, 3.8) is 0 Å². The van der Waals surface area contributed by atoms with Gasteiger partial charge in [-0.25, -0.2) is 4.39 Å². The summed E-state index contributed by atoms with van der Waals surface area (Å²) in [6.07, 6.45) is -4.70. The van der Waals surface area contributed by atoms with Gasteiger partial charge < -0.3 is 10.4 Å². The van der Waals surface area contributed by atoms with Gasteiger partial charge in [-0.15, -0.1) is 0 Å². The van der Waals surface area contributed by atoms with E-state index < -0.39 is 17.6 Å². The zero-order valence-corrected chi connectivity index (χ0v) is 10.9. The molecular weight excluding hydrogens is 286 g/mol. The summed E-state index contributed by atoms with van der Waals surface area (Å²) in [4.78, 5) is 0. The lowest BCUT2D eigenvalue weighted by Gasteiger charge is -2.11. The van der Waals surface area contributed by atoms with E-state index in [1.165, 1.54) is 18.2 Å². The molecular formula is C15H13F4NO. The summed E-state index contributed by atoms with van der Waals surface area (Å²) in [6, 6.07) is 9.39. The lowest BCUT2D eigenvalue weighted by molar-refractivity contribution is -0.140. The molecule has 0 fully saturated rings. The molecule has 0 aliphatic heterocycles. The maximum absolute atomic E-state index is 13.1. The first-order chi connectivity index (χ1) is 9.86. The number of alkyl halides is 3. The molecule has 6 heteroatoms. The molecule has 2 nitrogen and oxygen atoms in total. The van der Waals surface area contributed by atoms with Crippen molar-refractivity contribution in [1.82, 2.24) is 5.32 Å². The highest BCUT2D eigenvalue weighted by atomic mass is 19.4. The second-order valence-corrected chi connectivity index (χ2v) is 4.58. The van der Waals surface area contributed by atoms with Crippen LogP contribution in [0.15, 0.2) is 42.5 Å². The molecule has 21 heavy (non-hydrogen) atoms. The molecule has 0 spiro atoms. The maximum Gasteiger partial charge on any atom is 0.419 e. The number of nitrogens with one attached hydrogen (secondary N) is 1. The number of aromatic hydroxyl groups is 1. The summed E-state index contributed by atoms with van der Waals surface area (Å²) in [6.45, 7) is 0.614. The standard InChI is InChI=1S/C15H13F4NO/c16-14-6-3-11(7-13(14)15(17,18)19)9-20-8-10-1-4-12(21)5-2-10/h1-7,20-21H,8-9H2. The lowest BCUT2D eigenvalue weighted by atomic mass is 10.1. The fourth-order valence-electron chi connectivity index (χ4n) is 1.86. The second kappa shape index (κ2) is 6.13. The quantitative estimate of drug-likeness (QED) is 0.841. The summed E-state index contributed by atoms with van der Waals surface area (Å²) < 4.78 is 50.8. The van der Waals surface area contributed by atoms with Gasteiger partial charge >= 0.3 is 6.18 Å². The van der Waals surface area contributed by atoms with Crippen molar-refractivity contribution in [1.29, 1.82) is 0 Å². The summed E-state index contributed by atoms with van der Waals surface area (Å²) in [5.74, 6) is -1.13. The summed E-state index contributed by atoms with van der Waals surface area (Å²) >= 11 is 0. The second-order valence-electron chi connectivity index (χ2n) is 4.58. The Bertz CT molecular complexity index is 608. The Morgan fingerprint density at radius 2 is 1.48 bits per heavy atom. The molecule has 0 heterocycles. The SMILES string of the molecule is Oc1ccc(CNCc2ccc(F)c(C(F)(F)F)c2)cc1. The third-order valence-corrected chi connectivity index (χ3v) is 2.93. The van der Waals surface area contributed by atoms with Gasteiger partial charge in [-0.1, -0.05) is 18.2 Å². The number of rotatable bonds is 4. The number of hydrogen-bond donors (Lipinski definition) is 2. The molecule has 0 radical (unpaired) electrons. The topological polar surface area (TPSA) is 32.3 Å². The normalized spacial score (nSPS) is 11.6. The van der Waals surface area contributed by atoms with Gasteiger partial charge in [-0.3, -0.25) is 0 Å². The highest BCUT2D eigenvalue weighted by Gasteiger charge is 2.34. The molecule has 0 aliphatic carbocycles. The van der Waals surface area contributed by atoms with Gasteiger partial charge in [-0.2, -0.15) is 13.2 Å². The van der Waals surface area contributed by atoms with Gasteiger partial charge in [0.05, 0.1) is 5.56 Å². The van der Waals surface area contributed by atoms with E-state index in [4.69, 9.17) is 5.11 Å². The number of hydrogen-bond acceptors (Lipinski definition) is 2. The Balaban J connectivity index is 1.99. The molecule has 0 amide bonds. The van der Waals surface area contributed by atoms with E-state index >= 15 is 0 Å². The third-order valence-electron chi connectivity index (χ3n) is 2.93. The minimum atomic E-state index is -4.70. The van der Waals surface area contributed by atoms with E-state index in [9.17, 15) is 17.6 Å². The molecule has 0 bridgehead atoms. The lowest BCUT2D eigenvalue weighted by Crippen LogP contribution is -2.14. The van der Waals surface area contributed by atoms with Crippen molar-refractivity contribution < 1.29 is 22.7 Å². The van der Waals surface area contributed by atoms with Crippen molar-refractivity contribution in [2.24, 2.45) is 0 Å². The molecule has 0 saturated carbocycles. The summed E-state index contributed by atoms with van der Waals surface area (Å²) in [5.41, 5.74) is -0.0279. The van der Waals surface area contributed by atoms with Crippen LogP contribution in [0, 0.1) is 5.82 Å². The molecule has 0 saturated heterocycles. The summed E-state index contributed by atoms with van der Waals surface area (Å²) in [5, 5.41) is 12.1. The Kier molecular flexibility index (Phi) is 4.47. The van der Waals surface area contributed by atoms with Gasteiger partial charge in [0.25, 0.3) is 0 Å². The van der Waals surface area contributed by atoms with E-state index in [1.54, 1.807) is 12.1 Å². The molecule has 2 aromatic carbocycles. The maximum atomic E-state index is 13.1. The minimum absolute atomic E-state index is 0.145. The smallest absolute Gasteiger partial charge is 0.419 e. The van der Waals surface area contributed by atoms with E-state index in [2.05, 4.69) is 5.32 Å². The Hall–Kier alpha value is -2.08. The average Bonchev–Trinajstić information content (AvgIpc) is 2.41. The first kappa shape index (κ1) is 15.3. The van der Waals surface area contributed by atoms with Gasteiger partial charge in [0.2, 0.25) is 0 Å². The Morgan fingerprint density at radius 3 is 2.10 bits per heavy atom. The fourth-order valence-corrected chi connectivity index (χ4v) is 1.86. The molecule has 2 rings (SSSR count). The monoisotopic (exact) mass is 299 g/mol. The van der Waals surface area contributed by atoms with Crippen LogP contribution in [-0.4, -0.2) is 5.11 Å². The third kappa shape index (κ3) is 4.19. The molecule has 2 aromatic rings. The number of halogens is 4. The largest absolute Gasteiger partial charge is 0.508 e. The first-order valence-electron chi connectivity index (χ1n) is 6.20. The van der Waals surface area contributed by atoms with Crippen LogP contribution < -0.4 is 5.32 Å². The van der Waals surface area contributed by atoms with Crippen LogP contribution in [0.1, 0.15) is 16.7 Å². The van der Waals surface area contributed by atoms with Crippen molar-refractivity contribution in [3.8, 4) is 5.75 Å². The van der Waals surface area contributed by atoms with Crippen LogP contribution in [0.5, 0.6) is 5.75 Å². The van der Waals surface area contributed by atoms with Crippen LogP contribution >= 0.6 is 0 Å². The highest BCUT2D eigenvalue weighted by Crippen LogP contribution is 2.31. The van der Waals surface area contributed by atoms with Crippen molar-refractivity contribution in [3.05, 3.63) is 65.0 Å². The van der Waals surface area contributed by atoms with Crippen molar-refractivity contribution in [2.45, 2.75) is 19.3 Å². The van der Waals surface area contributed by atoms with Crippen LogP contribution in [0.2, 0.25) is 0 Å². The van der Waals surface area contributed by atoms with Crippen molar-refractivity contribution >= 4 is 0 Å². The molecule has 0 atom stereocenters. The molecule has 112 valence electrons. The minimum Gasteiger partial charge on any atom is -0.508 e.